The zero-order chi connectivity index (χ0) is 20.5. The highest BCUT2D eigenvalue weighted by atomic mass is 16.5. The summed E-state index contributed by atoms with van der Waals surface area (Å²) in [6.45, 7) is 3.11. The van der Waals surface area contributed by atoms with Gasteiger partial charge < -0.3 is 19.9 Å². The number of piperidine rings is 2. The highest BCUT2D eigenvalue weighted by Crippen LogP contribution is 2.48. The van der Waals surface area contributed by atoms with E-state index in [2.05, 4.69) is 41.5 Å². The topological polar surface area (TPSA) is 61.9 Å². The molecule has 2 saturated heterocycles. The monoisotopic (exact) mass is 399 g/mol. The fourth-order valence-corrected chi connectivity index (χ4v) is 5.35. The number of nitrogens with one attached hydrogen (secondary N) is 1. The lowest BCUT2D eigenvalue weighted by Gasteiger charge is -2.53. The van der Waals surface area contributed by atoms with E-state index in [1.54, 1.807) is 7.11 Å². The van der Waals surface area contributed by atoms with Crippen molar-refractivity contribution in [2.24, 2.45) is 5.41 Å². The van der Waals surface area contributed by atoms with E-state index >= 15 is 0 Å². The Kier molecular flexibility index (Phi) is 5.67. The van der Waals surface area contributed by atoms with Gasteiger partial charge in [-0.2, -0.15) is 0 Å². The number of benzene rings is 1. The van der Waals surface area contributed by atoms with E-state index in [0.29, 0.717) is 13.1 Å². The minimum Gasteiger partial charge on any atom is -0.375 e. The van der Waals surface area contributed by atoms with E-state index in [4.69, 9.17) is 4.74 Å². The zero-order valence-electron chi connectivity index (χ0n) is 17.7. The zero-order valence-corrected chi connectivity index (χ0v) is 17.7. The fraction of sp³-hybridized carbons (Fsp3) is 0.652. The molecule has 0 aromatic heterocycles. The predicted octanol–water partition coefficient (Wildman–Crippen LogP) is 1.79. The molecule has 1 aromatic carbocycles. The van der Waals surface area contributed by atoms with Crippen LogP contribution in [0.25, 0.3) is 0 Å². The van der Waals surface area contributed by atoms with E-state index < -0.39 is 5.41 Å². The molecule has 1 saturated carbocycles. The van der Waals surface area contributed by atoms with Gasteiger partial charge in [0.2, 0.25) is 11.8 Å². The lowest BCUT2D eigenvalue weighted by molar-refractivity contribution is -0.156. The first kappa shape index (κ1) is 20.4. The lowest BCUT2D eigenvalue weighted by atomic mass is 9.67. The maximum Gasteiger partial charge on any atom is 0.248 e. The van der Waals surface area contributed by atoms with Crippen LogP contribution < -0.4 is 5.32 Å². The number of fused-ring (bicyclic) bond motifs is 1. The Hall–Kier alpha value is -1.92. The minimum absolute atomic E-state index is 0.00683. The maximum atomic E-state index is 13.6. The van der Waals surface area contributed by atoms with E-state index in [-0.39, 0.29) is 29.9 Å². The second-order valence-corrected chi connectivity index (χ2v) is 9.14. The van der Waals surface area contributed by atoms with Crippen molar-refractivity contribution in [3.63, 3.8) is 0 Å². The van der Waals surface area contributed by atoms with Crippen LogP contribution in [-0.4, -0.2) is 74.6 Å². The number of nitrogens with zero attached hydrogens (tertiary/aromatic N) is 2. The first-order valence-electron chi connectivity index (χ1n) is 10.8. The van der Waals surface area contributed by atoms with Gasteiger partial charge in [-0.05, 0) is 51.3 Å². The van der Waals surface area contributed by atoms with Crippen molar-refractivity contribution in [3.8, 4) is 0 Å². The van der Waals surface area contributed by atoms with Gasteiger partial charge in [-0.25, -0.2) is 0 Å². The van der Waals surface area contributed by atoms with Gasteiger partial charge in [-0.1, -0.05) is 30.3 Å². The van der Waals surface area contributed by atoms with Crippen LogP contribution in [0.4, 0.5) is 0 Å². The molecule has 3 aliphatic rings. The molecule has 1 aliphatic carbocycles. The molecule has 2 heterocycles. The molecule has 1 aromatic rings. The highest BCUT2D eigenvalue weighted by molar-refractivity contribution is 5.86. The van der Waals surface area contributed by atoms with Gasteiger partial charge in [0.1, 0.15) is 6.61 Å². The van der Waals surface area contributed by atoms with Crippen LogP contribution in [0, 0.1) is 5.41 Å². The summed E-state index contributed by atoms with van der Waals surface area (Å²) in [4.78, 5) is 30.4. The summed E-state index contributed by atoms with van der Waals surface area (Å²) in [5.41, 5.74) is 0.925. The smallest absolute Gasteiger partial charge is 0.248 e. The third kappa shape index (κ3) is 3.80. The SMILES string of the molecule is COCC(=O)N1CCC[C@@]2(C(=O)NCC3(c4ccccc4)CC3)CCN(C)C[C@H]12. The van der Waals surface area contributed by atoms with Gasteiger partial charge in [-0.3, -0.25) is 9.59 Å². The van der Waals surface area contributed by atoms with Crippen LogP contribution in [0.5, 0.6) is 0 Å². The van der Waals surface area contributed by atoms with Gasteiger partial charge in [0.25, 0.3) is 0 Å². The number of hydrogen-bond donors (Lipinski definition) is 1. The lowest BCUT2D eigenvalue weighted by Crippen LogP contribution is -2.67. The van der Waals surface area contributed by atoms with Crippen LogP contribution in [-0.2, 0) is 19.7 Å². The second kappa shape index (κ2) is 8.07. The van der Waals surface area contributed by atoms with Crippen molar-refractivity contribution < 1.29 is 14.3 Å². The number of likely N-dealkylation sites (N-methyl/N-ethyl adjacent to an activating group) is 1. The van der Waals surface area contributed by atoms with Crippen LogP contribution >= 0.6 is 0 Å². The predicted molar refractivity (Wildman–Crippen MR) is 112 cm³/mol. The van der Waals surface area contributed by atoms with Gasteiger partial charge in [0.15, 0.2) is 0 Å². The van der Waals surface area contributed by atoms with Gasteiger partial charge in [-0.15, -0.1) is 0 Å². The van der Waals surface area contributed by atoms with Crippen molar-refractivity contribution in [1.82, 2.24) is 15.1 Å². The van der Waals surface area contributed by atoms with E-state index in [9.17, 15) is 9.59 Å². The molecule has 0 unspecified atom stereocenters. The number of methoxy groups -OCH3 is 1. The first-order chi connectivity index (χ1) is 14.0. The average molecular weight is 400 g/mol. The molecule has 0 spiro atoms. The Morgan fingerprint density at radius 3 is 2.59 bits per heavy atom. The molecule has 2 atom stereocenters. The number of amides is 2. The summed E-state index contributed by atoms with van der Waals surface area (Å²) in [5.74, 6) is 0.125. The molecule has 29 heavy (non-hydrogen) atoms. The molecule has 2 amide bonds. The molecule has 6 heteroatoms. The molecule has 4 rings (SSSR count). The standard InChI is InChI=1S/C23H33N3O3/c1-25-14-12-23(9-6-13-26(19(23)15-25)20(27)16-29-2)21(28)24-17-22(10-11-22)18-7-4-3-5-8-18/h3-5,7-8,19H,6,9-17H2,1-2H3,(H,24,28)/t19-,23+/m0/s1. The molecule has 158 valence electrons. The summed E-state index contributed by atoms with van der Waals surface area (Å²) in [6.07, 6.45) is 4.76. The van der Waals surface area contributed by atoms with Crippen LogP contribution in [0.1, 0.15) is 37.7 Å². The van der Waals surface area contributed by atoms with Gasteiger partial charge in [0, 0.05) is 32.2 Å². The highest BCUT2D eigenvalue weighted by Gasteiger charge is 2.54. The van der Waals surface area contributed by atoms with Gasteiger partial charge >= 0.3 is 0 Å². The van der Waals surface area contributed by atoms with Crippen molar-refractivity contribution in [3.05, 3.63) is 35.9 Å². The van der Waals surface area contributed by atoms with Crippen molar-refractivity contribution in [2.45, 2.75) is 43.6 Å². The molecule has 6 nitrogen and oxygen atoms in total. The summed E-state index contributed by atoms with van der Waals surface area (Å²) >= 11 is 0. The average Bonchev–Trinajstić information content (AvgIpc) is 3.53. The Morgan fingerprint density at radius 1 is 1.14 bits per heavy atom. The van der Waals surface area contributed by atoms with E-state index in [1.165, 1.54) is 5.56 Å². The molecule has 0 radical (unpaired) electrons. The number of likely N-dealkylation sites (tertiary alicyclic amines) is 2. The van der Waals surface area contributed by atoms with Crippen LogP contribution in [0.2, 0.25) is 0 Å². The van der Waals surface area contributed by atoms with E-state index in [0.717, 1.165) is 45.2 Å². The first-order valence-corrected chi connectivity index (χ1v) is 10.8. The van der Waals surface area contributed by atoms with Crippen molar-refractivity contribution in [1.29, 1.82) is 0 Å². The number of carbonyl (C=O) groups is 2. The Balaban J connectivity index is 1.51. The molecular weight excluding hydrogens is 366 g/mol. The van der Waals surface area contributed by atoms with Crippen molar-refractivity contribution >= 4 is 11.8 Å². The molecule has 1 N–H and O–H groups in total. The third-order valence-corrected chi connectivity index (χ3v) is 7.33. The van der Waals surface area contributed by atoms with E-state index in [1.807, 2.05) is 11.0 Å². The quantitative estimate of drug-likeness (QED) is 0.792. The molecule has 3 fully saturated rings. The summed E-state index contributed by atoms with van der Waals surface area (Å²) in [7, 11) is 3.62. The summed E-state index contributed by atoms with van der Waals surface area (Å²) in [6, 6.07) is 10.4. The Bertz CT molecular complexity index is 749. The summed E-state index contributed by atoms with van der Waals surface area (Å²) < 4.78 is 5.10. The number of ether oxygens (including phenoxy) is 1. The number of hydrogen-bond acceptors (Lipinski definition) is 4. The fourth-order valence-electron chi connectivity index (χ4n) is 5.35. The number of carbonyl (C=O) groups excluding carboxylic acids is 2. The van der Waals surface area contributed by atoms with Crippen LogP contribution in [0.3, 0.4) is 0 Å². The Morgan fingerprint density at radius 2 is 1.90 bits per heavy atom. The molecule has 2 aliphatic heterocycles. The van der Waals surface area contributed by atoms with Crippen LogP contribution in [0.15, 0.2) is 30.3 Å². The van der Waals surface area contributed by atoms with Gasteiger partial charge in [0.05, 0.1) is 11.5 Å². The molecule has 0 bridgehead atoms. The third-order valence-electron chi connectivity index (χ3n) is 7.33. The normalized spacial score (nSPS) is 28.5. The maximum absolute atomic E-state index is 13.6. The van der Waals surface area contributed by atoms with Crippen molar-refractivity contribution in [2.75, 3.05) is 46.9 Å². The summed E-state index contributed by atoms with van der Waals surface area (Å²) in [5, 5.41) is 3.32. The Labute approximate surface area is 173 Å². The molecular formula is C23H33N3O3. The second-order valence-electron chi connectivity index (χ2n) is 9.14. The minimum atomic E-state index is -0.485. The number of rotatable bonds is 6. The largest absolute Gasteiger partial charge is 0.375 e.